The smallest absolute Gasteiger partial charge is 0.222 e. The monoisotopic (exact) mass is 679 g/mol. The van der Waals surface area contributed by atoms with Gasteiger partial charge in [0.25, 0.3) is 0 Å². The summed E-state index contributed by atoms with van der Waals surface area (Å²) in [6.45, 7) is 2.97. The normalized spacial score (nSPS) is 24.2. The van der Waals surface area contributed by atoms with Crippen molar-refractivity contribution >= 4 is 5.91 Å². The minimum Gasteiger partial charge on any atom is -0.394 e. The first-order valence-corrected chi connectivity index (χ1v) is 18.5. The van der Waals surface area contributed by atoms with Crippen LogP contribution in [0.15, 0.2) is 0 Å². The first kappa shape index (κ1) is 44.1. The van der Waals surface area contributed by atoms with Crippen molar-refractivity contribution in [1.29, 1.82) is 0 Å². The first-order valence-electron chi connectivity index (χ1n) is 18.5. The van der Waals surface area contributed by atoms with Crippen molar-refractivity contribution < 1.29 is 55.1 Å². The van der Waals surface area contributed by atoms with Crippen LogP contribution in [0.1, 0.15) is 136 Å². The third-order valence-electron chi connectivity index (χ3n) is 9.22. The van der Waals surface area contributed by atoms with Gasteiger partial charge < -0.3 is 55.2 Å². The fraction of sp³-hybridized carbons (Fsp3) is 0.971. The second kappa shape index (κ2) is 26.9. The molecule has 0 saturated carbocycles. The van der Waals surface area contributed by atoms with Gasteiger partial charge in [0.05, 0.1) is 13.2 Å². The quantitative estimate of drug-likeness (QED) is 0.0540. The van der Waals surface area contributed by atoms with E-state index in [4.69, 9.17) is 9.47 Å². The van der Waals surface area contributed by atoms with Gasteiger partial charge in [-0.2, -0.15) is 0 Å². The summed E-state index contributed by atoms with van der Waals surface area (Å²) in [5.74, 6) is -0.132. The molecule has 1 fully saturated rings. The molecular formula is C35H69NO11. The first-order chi connectivity index (χ1) is 22.6. The van der Waals surface area contributed by atoms with E-state index in [0.717, 1.165) is 57.8 Å². The fourth-order valence-corrected chi connectivity index (χ4v) is 6.07. The summed E-state index contributed by atoms with van der Waals surface area (Å²) < 4.78 is 10.9. The maximum Gasteiger partial charge on any atom is 0.222 e. The standard InChI is InChI=1S/C35H69NO11/c1-3-5-7-9-11-12-13-14-15-17-19-21-29(41)36(22-20-18-16-10-8-6-4-2)23-26(39)30(42)34(27(40)24-37)47-35-33(45)32(44)31(43)28(25-38)46-35/h26-28,30-35,37-40,42-45H,3-25H2,1-2H3/t26-,27+,28+,30+,31-,32-,33+,34+,35-/m0/s1. The SMILES string of the molecule is CCCCCCCCCCCCCC(=O)N(CCCCCCCCC)C[C@H](O)[C@@H](O)[C@H](O[C@@H]1O[C@H](CO)[C@H](O)[C@H](O)[C@H]1O)[C@H](O)CO. The number of amides is 1. The number of hydrogen-bond acceptors (Lipinski definition) is 11. The lowest BCUT2D eigenvalue weighted by molar-refractivity contribution is -0.327. The predicted octanol–water partition coefficient (Wildman–Crippen LogP) is 2.53. The largest absolute Gasteiger partial charge is 0.394 e. The number of nitrogens with zero attached hydrogens (tertiary/aromatic N) is 1. The zero-order chi connectivity index (χ0) is 35.0. The third-order valence-corrected chi connectivity index (χ3v) is 9.22. The second-order valence-corrected chi connectivity index (χ2v) is 13.4. The third kappa shape index (κ3) is 17.5. The molecule has 0 aromatic rings. The van der Waals surface area contributed by atoms with E-state index >= 15 is 0 Å². The van der Waals surface area contributed by atoms with Gasteiger partial charge in [-0.25, -0.2) is 0 Å². The molecule has 0 radical (unpaired) electrons. The van der Waals surface area contributed by atoms with Crippen LogP contribution in [0.4, 0.5) is 0 Å². The van der Waals surface area contributed by atoms with Crippen molar-refractivity contribution in [2.75, 3.05) is 26.3 Å². The van der Waals surface area contributed by atoms with E-state index in [1.165, 1.54) is 62.7 Å². The van der Waals surface area contributed by atoms with Crippen LogP contribution in [-0.4, -0.2) is 133 Å². The molecule has 1 rings (SSSR count). The van der Waals surface area contributed by atoms with Gasteiger partial charge in [-0.05, 0) is 12.8 Å². The Bertz CT molecular complexity index is 761. The van der Waals surface area contributed by atoms with Crippen molar-refractivity contribution in [1.82, 2.24) is 4.90 Å². The molecule has 280 valence electrons. The molecule has 1 aliphatic rings. The lowest BCUT2D eigenvalue weighted by Gasteiger charge is -2.42. The molecule has 47 heavy (non-hydrogen) atoms. The predicted molar refractivity (Wildman–Crippen MR) is 179 cm³/mol. The number of unbranched alkanes of at least 4 members (excludes halogenated alkanes) is 16. The molecule has 1 aliphatic heterocycles. The van der Waals surface area contributed by atoms with Crippen molar-refractivity contribution in [3.05, 3.63) is 0 Å². The average Bonchev–Trinajstić information content (AvgIpc) is 3.07. The Morgan fingerprint density at radius 3 is 1.66 bits per heavy atom. The number of rotatable bonds is 29. The minimum absolute atomic E-state index is 0.132. The van der Waals surface area contributed by atoms with E-state index in [1.807, 2.05) is 0 Å². The van der Waals surface area contributed by atoms with Crippen molar-refractivity contribution in [2.24, 2.45) is 0 Å². The summed E-state index contributed by atoms with van der Waals surface area (Å²) in [6, 6.07) is 0. The summed E-state index contributed by atoms with van der Waals surface area (Å²) >= 11 is 0. The van der Waals surface area contributed by atoms with Crippen LogP contribution in [-0.2, 0) is 14.3 Å². The highest BCUT2D eigenvalue weighted by atomic mass is 16.7. The van der Waals surface area contributed by atoms with Crippen LogP contribution in [0.25, 0.3) is 0 Å². The molecule has 8 N–H and O–H groups in total. The van der Waals surface area contributed by atoms with Crippen LogP contribution >= 0.6 is 0 Å². The Hall–Kier alpha value is -0.930. The highest BCUT2D eigenvalue weighted by Gasteiger charge is 2.47. The molecule has 9 atom stereocenters. The Morgan fingerprint density at radius 2 is 1.17 bits per heavy atom. The summed E-state index contributed by atoms with van der Waals surface area (Å²) in [4.78, 5) is 14.8. The summed E-state index contributed by atoms with van der Waals surface area (Å²) in [5.41, 5.74) is 0. The van der Waals surface area contributed by atoms with Crippen LogP contribution in [0, 0.1) is 0 Å². The highest BCUT2D eigenvalue weighted by molar-refractivity contribution is 5.76. The number of hydrogen-bond donors (Lipinski definition) is 8. The molecule has 12 heteroatoms. The van der Waals surface area contributed by atoms with Gasteiger partial charge in [-0.1, -0.05) is 117 Å². The fourth-order valence-electron chi connectivity index (χ4n) is 6.07. The lowest BCUT2D eigenvalue weighted by atomic mass is 9.98. The van der Waals surface area contributed by atoms with Crippen LogP contribution in [0.5, 0.6) is 0 Å². The van der Waals surface area contributed by atoms with Gasteiger partial charge in [0.1, 0.15) is 48.8 Å². The molecule has 0 aliphatic carbocycles. The van der Waals surface area contributed by atoms with E-state index in [1.54, 1.807) is 0 Å². The Morgan fingerprint density at radius 1 is 0.681 bits per heavy atom. The number of aliphatic hydroxyl groups excluding tert-OH is 8. The van der Waals surface area contributed by atoms with Gasteiger partial charge in [-0.15, -0.1) is 0 Å². The molecule has 1 heterocycles. The molecule has 1 saturated heterocycles. The summed E-state index contributed by atoms with van der Waals surface area (Å²) in [6.07, 6.45) is 5.44. The Labute approximate surface area is 283 Å². The topological polar surface area (TPSA) is 201 Å². The molecule has 0 unspecified atom stereocenters. The van der Waals surface area contributed by atoms with E-state index < -0.39 is 68.3 Å². The van der Waals surface area contributed by atoms with Crippen LogP contribution < -0.4 is 0 Å². The molecule has 0 spiro atoms. The van der Waals surface area contributed by atoms with Gasteiger partial charge in [0.2, 0.25) is 5.91 Å². The van der Waals surface area contributed by atoms with Gasteiger partial charge in [0.15, 0.2) is 6.29 Å². The zero-order valence-corrected chi connectivity index (χ0v) is 29.2. The van der Waals surface area contributed by atoms with E-state index in [0.29, 0.717) is 13.0 Å². The number of carbonyl (C=O) groups excluding carboxylic acids is 1. The number of ether oxygens (including phenoxy) is 2. The molecule has 0 aromatic carbocycles. The van der Waals surface area contributed by atoms with Crippen molar-refractivity contribution in [3.63, 3.8) is 0 Å². The molecular weight excluding hydrogens is 610 g/mol. The van der Waals surface area contributed by atoms with E-state index in [-0.39, 0.29) is 12.5 Å². The lowest BCUT2D eigenvalue weighted by Crippen LogP contribution is -2.61. The summed E-state index contributed by atoms with van der Waals surface area (Å²) in [5, 5.41) is 82.2. The van der Waals surface area contributed by atoms with Gasteiger partial charge in [0, 0.05) is 19.5 Å². The average molecular weight is 680 g/mol. The molecule has 12 nitrogen and oxygen atoms in total. The molecule has 1 amide bonds. The Kier molecular flexibility index (Phi) is 25.2. The number of carbonyl (C=O) groups is 1. The molecule has 0 aromatic heterocycles. The molecule has 0 bridgehead atoms. The minimum atomic E-state index is -1.82. The van der Waals surface area contributed by atoms with Crippen molar-refractivity contribution in [3.8, 4) is 0 Å². The Balaban J connectivity index is 2.76. The highest BCUT2D eigenvalue weighted by Crippen LogP contribution is 2.25. The van der Waals surface area contributed by atoms with Crippen LogP contribution in [0.3, 0.4) is 0 Å². The van der Waals surface area contributed by atoms with Crippen molar-refractivity contribution in [2.45, 2.75) is 191 Å². The van der Waals surface area contributed by atoms with E-state index in [9.17, 15) is 45.6 Å². The van der Waals surface area contributed by atoms with E-state index in [2.05, 4.69) is 13.8 Å². The maximum atomic E-state index is 13.3. The maximum absolute atomic E-state index is 13.3. The second-order valence-electron chi connectivity index (χ2n) is 13.4. The number of aliphatic hydroxyl groups is 8. The van der Waals surface area contributed by atoms with Gasteiger partial charge in [-0.3, -0.25) is 4.79 Å². The van der Waals surface area contributed by atoms with Crippen LogP contribution in [0.2, 0.25) is 0 Å². The summed E-state index contributed by atoms with van der Waals surface area (Å²) in [7, 11) is 0. The zero-order valence-electron chi connectivity index (χ0n) is 29.2. The van der Waals surface area contributed by atoms with Gasteiger partial charge >= 0.3 is 0 Å².